The highest BCUT2D eigenvalue weighted by atomic mass is 35.5. The van der Waals surface area contributed by atoms with Crippen LogP contribution >= 0.6 is 23.4 Å². The topological polar surface area (TPSA) is 70.7 Å². The van der Waals surface area contributed by atoms with Crippen molar-refractivity contribution in [3.63, 3.8) is 0 Å². The number of fused-ring (bicyclic) bond motifs is 1. The van der Waals surface area contributed by atoms with Crippen LogP contribution in [0.5, 0.6) is 5.75 Å². The van der Waals surface area contributed by atoms with Gasteiger partial charge in [0.2, 0.25) is 5.91 Å². The fourth-order valence-electron chi connectivity index (χ4n) is 3.78. The fourth-order valence-corrected chi connectivity index (χ4v) is 4.43. The summed E-state index contributed by atoms with van der Waals surface area (Å²) in [5.41, 5.74) is 0.641. The van der Waals surface area contributed by atoms with Gasteiger partial charge in [0.25, 0.3) is 5.91 Å². The molecule has 30 heavy (non-hydrogen) atoms. The Morgan fingerprint density at radius 1 is 1.27 bits per heavy atom. The summed E-state index contributed by atoms with van der Waals surface area (Å²) in [6, 6.07) is 12.0. The molecule has 1 aliphatic heterocycles. The number of para-hydroxylation sites is 1. The molecule has 0 saturated carbocycles. The Morgan fingerprint density at radius 3 is 2.67 bits per heavy atom. The number of carbonyl (C=O) groups excluding carboxylic acids is 2. The molecule has 0 aromatic heterocycles. The number of likely N-dealkylation sites (N-methyl/N-ethyl adjacent to an activating group) is 1. The summed E-state index contributed by atoms with van der Waals surface area (Å²) in [7, 11) is 4.99. The molecule has 3 rings (SSSR count). The molecule has 2 aromatic rings. The van der Waals surface area contributed by atoms with Crippen LogP contribution in [0.25, 0.3) is 0 Å². The summed E-state index contributed by atoms with van der Waals surface area (Å²) in [6.45, 7) is 0. The number of rotatable bonds is 8. The van der Waals surface area contributed by atoms with Gasteiger partial charge in [-0.3, -0.25) is 14.9 Å². The lowest BCUT2D eigenvalue weighted by molar-refractivity contribution is -0.132. The third-order valence-corrected chi connectivity index (χ3v) is 6.10. The lowest BCUT2D eigenvalue weighted by Crippen LogP contribution is -2.57. The number of methoxy groups -OCH3 is 1. The molecular formula is C22H26ClN3O3S. The number of carbonyl (C=O) groups is 2. The summed E-state index contributed by atoms with van der Waals surface area (Å²) in [5.74, 6) is 0.948. The van der Waals surface area contributed by atoms with Crippen LogP contribution in [-0.4, -0.2) is 56.0 Å². The average molecular weight is 448 g/mol. The minimum absolute atomic E-state index is 0.0957. The minimum Gasteiger partial charge on any atom is -0.496 e. The molecule has 0 saturated heterocycles. The Morgan fingerprint density at radius 2 is 2.00 bits per heavy atom. The molecule has 2 aromatic carbocycles. The summed E-state index contributed by atoms with van der Waals surface area (Å²) < 4.78 is 5.59. The zero-order chi connectivity index (χ0) is 21.9. The van der Waals surface area contributed by atoms with E-state index < -0.39 is 11.6 Å². The van der Waals surface area contributed by atoms with E-state index >= 15 is 0 Å². The molecule has 8 heteroatoms. The van der Waals surface area contributed by atoms with Gasteiger partial charge in [-0.15, -0.1) is 0 Å². The normalized spacial score (nSPS) is 18.5. The van der Waals surface area contributed by atoms with Crippen LogP contribution in [0.3, 0.4) is 0 Å². The van der Waals surface area contributed by atoms with Crippen molar-refractivity contribution >= 4 is 40.9 Å². The molecule has 0 spiro atoms. The molecule has 1 heterocycles. The first-order valence-electron chi connectivity index (χ1n) is 9.58. The van der Waals surface area contributed by atoms with E-state index in [2.05, 4.69) is 10.6 Å². The number of thioether (sulfide) groups is 1. The highest BCUT2D eigenvalue weighted by Crippen LogP contribution is 2.45. The zero-order valence-corrected chi connectivity index (χ0v) is 19.1. The van der Waals surface area contributed by atoms with E-state index in [0.717, 1.165) is 5.75 Å². The maximum Gasteiger partial charge on any atom is 0.254 e. The maximum absolute atomic E-state index is 13.5. The van der Waals surface area contributed by atoms with Gasteiger partial charge < -0.3 is 15.0 Å². The Labute approximate surface area is 186 Å². The summed E-state index contributed by atoms with van der Waals surface area (Å²) in [6.07, 6.45) is 2.56. The van der Waals surface area contributed by atoms with Crippen molar-refractivity contribution < 1.29 is 14.3 Å². The average Bonchev–Trinajstić information content (AvgIpc) is 3.01. The number of nitrogens with zero attached hydrogens (tertiary/aromatic N) is 1. The lowest BCUT2D eigenvalue weighted by Gasteiger charge is -2.35. The molecule has 2 N–H and O–H groups in total. The Kier molecular flexibility index (Phi) is 6.95. The summed E-state index contributed by atoms with van der Waals surface area (Å²) in [4.78, 5) is 28.1. The van der Waals surface area contributed by atoms with E-state index in [4.69, 9.17) is 16.3 Å². The van der Waals surface area contributed by atoms with E-state index in [1.807, 2.05) is 24.5 Å². The van der Waals surface area contributed by atoms with E-state index in [1.165, 1.54) is 0 Å². The number of nitrogens with one attached hydrogen (secondary N) is 2. The number of ether oxygens (including phenoxy) is 1. The Balaban J connectivity index is 2.23. The maximum atomic E-state index is 13.5. The molecule has 1 aliphatic rings. The molecule has 1 unspecified atom stereocenters. The molecule has 2 atom stereocenters. The molecule has 160 valence electrons. The van der Waals surface area contributed by atoms with Crippen molar-refractivity contribution in [3.05, 3.63) is 58.6 Å². The van der Waals surface area contributed by atoms with Crippen LogP contribution in [0.4, 0.5) is 5.69 Å². The predicted molar refractivity (Wildman–Crippen MR) is 122 cm³/mol. The van der Waals surface area contributed by atoms with Crippen molar-refractivity contribution in [2.45, 2.75) is 18.0 Å². The van der Waals surface area contributed by atoms with Crippen molar-refractivity contribution in [1.82, 2.24) is 10.2 Å². The first-order valence-corrected chi connectivity index (χ1v) is 11.3. The van der Waals surface area contributed by atoms with Crippen LogP contribution in [-0.2, 0) is 15.1 Å². The van der Waals surface area contributed by atoms with Crippen LogP contribution in [0.2, 0.25) is 5.02 Å². The van der Waals surface area contributed by atoms with E-state index in [9.17, 15) is 9.59 Å². The second-order valence-corrected chi connectivity index (χ2v) is 8.73. The number of hydrogen-bond acceptors (Lipinski definition) is 5. The minimum atomic E-state index is -1.32. The zero-order valence-electron chi connectivity index (χ0n) is 17.5. The fraction of sp³-hybridized carbons (Fsp3) is 0.364. The van der Waals surface area contributed by atoms with Gasteiger partial charge in [0, 0.05) is 35.9 Å². The number of amides is 2. The molecule has 0 fully saturated rings. The molecule has 0 bridgehead atoms. The number of halogens is 1. The van der Waals surface area contributed by atoms with E-state index in [1.54, 1.807) is 62.1 Å². The van der Waals surface area contributed by atoms with E-state index in [-0.39, 0.29) is 11.8 Å². The van der Waals surface area contributed by atoms with E-state index in [0.29, 0.717) is 34.0 Å². The monoisotopic (exact) mass is 447 g/mol. The molecule has 2 amide bonds. The molecular weight excluding hydrogens is 422 g/mol. The van der Waals surface area contributed by atoms with Crippen LogP contribution < -0.4 is 15.4 Å². The largest absolute Gasteiger partial charge is 0.496 e. The van der Waals surface area contributed by atoms with Crippen LogP contribution in [0.15, 0.2) is 42.5 Å². The number of hydrogen-bond donors (Lipinski definition) is 2. The van der Waals surface area contributed by atoms with Gasteiger partial charge in [-0.1, -0.05) is 29.8 Å². The van der Waals surface area contributed by atoms with Gasteiger partial charge in [0.1, 0.15) is 5.75 Å². The standard InChI is InChI=1S/C22H26ClN3O3S/c1-26(2)20(27)18(11-12-30-4)25-22(15-7-5-6-8-19(15)29-3)16-13-14(23)9-10-17(16)24-21(22)28/h5-10,13,18,25H,11-12H2,1-4H3,(H,24,28)/t18-,22?/m0/s1. The smallest absolute Gasteiger partial charge is 0.254 e. The molecule has 0 radical (unpaired) electrons. The second-order valence-electron chi connectivity index (χ2n) is 7.31. The van der Waals surface area contributed by atoms with Gasteiger partial charge in [-0.05, 0) is 42.7 Å². The Bertz CT molecular complexity index is 953. The molecule has 6 nitrogen and oxygen atoms in total. The number of anilines is 1. The summed E-state index contributed by atoms with van der Waals surface area (Å²) in [5, 5.41) is 6.87. The lowest BCUT2D eigenvalue weighted by atomic mass is 9.82. The first kappa shape index (κ1) is 22.5. The quantitative estimate of drug-likeness (QED) is 0.649. The first-order chi connectivity index (χ1) is 14.3. The van der Waals surface area contributed by atoms with Crippen molar-refractivity contribution in [2.24, 2.45) is 0 Å². The second kappa shape index (κ2) is 9.29. The summed E-state index contributed by atoms with van der Waals surface area (Å²) >= 11 is 7.97. The van der Waals surface area contributed by atoms with Gasteiger partial charge in [-0.25, -0.2) is 0 Å². The van der Waals surface area contributed by atoms with Gasteiger partial charge in [0.15, 0.2) is 5.54 Å². The predicted octanol–water partition coefficient (Wildman–Crippen LogP) is 3.34. The van der Waals surface area contributed by atoms with Gasteiger partial charge in [-0.2, -0.15) is 11.8 Å². The highest BCUT2D eigenvalue weighted by molar-refractivity contribution is 7.98. The Hall–Kier alpha value is -2.22. The van der Waals surface area contributed by atoms with Crippen molar-refractivity contribution in [1.29, 1.82) is 0 Å². The SMILES string of the molecule is COc1ccccc1C1(N[C@@H](CCSC)C(=O)N(C)C)C(=O)Nc2ccc(Cl)cc21. The van der Waals surface area contributed by atoms with Gasteiger partial charge in [0.05, 0.1) is 13.2 Å². The van der Waals surface area contributed by atoms with Crippen molar-refractivity contribution in [3.8, 4) is 5.75 Å². The highest BCUT2D eigenvalue weighted by Gasteiger charge is 2.51. The van der Waals surface area contributed by atoms with Crippen LogP contribution in [0.1, 0.15) is 17.5 Å². The third-order valence-electron chi connectivity index (χ3n) is 5.23. The molecule has 0 aliphatic carbocycles. The van der Waals surface area contributed by atoms with Crippen LogP contribution in [0, 0.1) is 0 Å². The van der Waals surface area contributed by atoms with Gasteiger partial charge >= 0.3 is 0 Å². The number of benzene rings is 2. The van der Waals surface area contributed by atoms with Crippen molar-refractivity contribution in [2.75, 3.05) is 38.5 Å². The third kappa shape index (κ3) is 4.02.